The molecule has 2 atom stereocenters. The summed E-state index contributed by atoms with van der Waals surface area (Å²) in [7, 11) is -1.11. The van der Waals surface area contributed by atoms with Crippen LogP contribution in [0.25, 0.3) is 0 Å². The van der Waals surface area contributed by atoms with Crippen molar-refractivity contribution >= 4 is 13.1 Å². The highest BCUT2D eigenvalue weighted by Gasteiger charge is 2.45. The van der Waals surface area contributed by atoms with Crippen molar-refractivity contribution in [2.24, 2.45) is 0 Å². The summed E-state index contributed by atoms with van der Waals surface area (Å²) in [5.41, 5.74) is 0.0990. The maximum Gasteiger partial charge on any atom is 0.530 e. The van der Waals surface area contributed by atoms with Crippen LogP contribution in [-0.2, 0) is 0 Å². The molecule has 17 heavy (non-hydrogen) atoms. The highest BCUT2D eigenvalue weighted by atomic mass is 19.1. The molecule has 4 nitrogen and oxygen atoms in total. The summed E-state index contributed by atoms with van der Waals surface area (Å²) in [6.45, 7) is 0. The third kappa shape index (κ3) is 1.30. The van der Waals surface area contributed by atoms with Crippen molar-refractivity contribution in [2.45, 2.75) is 11.7 Å². The second-order valence-corrected chi connectivity index (χ2v) is 4.14. The van der Waals surface area contributed by atoms with Crippen LogP contribution < -0.4 is 4.65 Å². The van der Waals surface area contributed by atoms with Gasteiger partial charge in [0.2, 0.25) is 0 Å². The fourth-order valence-electron chi connectivity index (χ4n) is 2.30. The van der Waals surface area contributed by atoms with Crippen molar-refractivity contribution in [1.29, 1.82) is 0 Å². The summed E-state index contributed by atoms with van der Waals surface area (Å²) in [6, 6.07) is 2.62. The Morgan fingerprint density at radius 3 is 2.76 bits per heavy atom. The predicted molar refractivity (Wildman–Crippen MR) is 57.6 cm³/mol. The zero-order valence-corrected chi connectivity index (χ0v) is 8.63. The average molecular weight is 234 g/mol. The molecule has 0 fully saturated rings. The second-order valence-electron chi connectivity index (χ2n) is 4.14. The van der Waals surface area contributed by atoms with Crippen LogP contribution in [0, 0.1) is 5.82 Å². The molecule has 2 N–H and O–H groups in total. The molecular formula is C11H8BFO4. The van der Waals surface area contributed by atoms with Gasteiger partial charge in [-0.1, -0.05) is 18.2 Å². The van der Waals surface area contributed by atoms with Gasteiger partial charge >= 0.3 is 13.1 Å². The lowest BCUT2D eigenvalue weighted by Crippen LogP contribution is -2.39. The quantitative estimate of drug-likeness (QED) is 0.569. The number of aromatic carboxylic acids is 1. The van der Waals surface area contributed by atoms with Crippen LogP contribution in [0.2, 0.25) is 5.82 Å². The number of carboxylic acid groups (broad SMARTS) is 1. The lowest BCUT2D eigenvalue weighted by molar-refractivity contribution is 0.0689. The highest BCUT2D eigenvalue weighted by Crippen LogP contribution is 2.50. The molecule has 0 saturated carbocycles. The van der Waals surface area contributed by atoms with Crippen LogP contribution >= 0.6 is 0 Å². The molecule has 6 heteroatoms. The van der Waals surface area contributed by atoms with Crippen molar-refractivity contribution in [2.75, 3.05) is 0 Å². The van der Waals surface area contributed by atoms with Crippen LogP contribution in [0.3, 0.4) is 0 Å². The SMILES string of the molecule is O=C(O)c1c(F)ccc2c1OB(O)[C@@H]1C=C[C@H]21. The number of halogens is 1. The molecule has 0 spiro atoms. The first kappa shape index (κ1) is 10.3. The molecule has 1 aliphatic carbocycles. The average Bonchev–Trinajstić information content (AvgIpc) is 2.18. The van der Waals surface area contributed by atoms with Crippen LogP contribution in [0.15, 0.2) is 24.3 Å². The van der Waals surface area contributed by atoms with E-state index in [1.54, 1.807) is 6.08 Å². The molecule has 3 rings (SSSR count). The number of allylic oxidation sites excluding steroid dienone is 2. The number of carboxylic acids is 1. The fraction of sp³-hybridized carbons (Fsp3) is 0.182. The van der Waals surface area contributed by atoms with Gasteiger partial charge in [-0.25, -0.2) is 9.18 Å². The van der Waals surface area contributed by atoms with Crippen LogP contribution in [-0.4, -0.2) is 23.2 Å². The Balaban J connectivity index is 2.21. The van der Waals surface area contributed by atoms with Crippen LogP contribution in [0.1, 0.15) is 21.8 Å². The van der Waals surface area contributed by atoms with E-state index in [9.17, 15) is 14.2 Å². The zero-order valence-electron chi connectivity index (χ0n) is 8.63. The lowest BCUT2D eigenvalue weighted by atomic mass is 9.55. The van der Waals surface area contributed by atoms with Crippen molar-refractivity contribution in [1.82, 2.24) is 0 Å². The second kappa shape index (κ2) is 3.34. The van der Waals surface area contributed by atoms with E-state index in [-0.39, 0.29) is 17.5 Å². The van der Waals surface area contributed by atoms with Gasteiger partial charge in [0.25, 0.3) is 0 Å². The molecule has 0 aromatic heterocycles. The largest absolute Gasteiger partial charge is 0.535 e. The van der Waals surface area contributed by atoms with E-state index < -0.39 is 24.5 Å². The molecule has 1 aliphatic heterocycles. The summed E-state index contributed by atoms with van der Waals surface area (Å²) in [6.07, 6.45) is 3.64. The minimum absolute atomic E-state index is 0.0596. The van der Waals surface area contributed by atoms with Gasteiger partial charge < -0.3 is 14.8 Å². The molecule has 0 amide bonds. The smallest absolute Gasteiger partial charge is 0.530 e. The first-order valence-electron chi connectivity index (χ1n) is 5.18. The maximum absolute atomic E-state index is 13.4. The summed E-state index contributed by atoms with van der Waals surface area (Å²) >= 11 is 0. The lowest BCUT2D eigenvalue weighted by Gasteiger charge is -2.37. The van der Waals surface area contributed by atoms with Gasteiger partial charge in [-0.05, 0) is 6.07 Å². The predicted octanol–water partition coefficient (Wildman–Crippen LogP) is 1.42. The van der Waals surface area contributed by atoms with E-state index in [1.807, 2.05) is 6.08 Å². The standard InChI is InChI=1S/C11H8BFO4/c13-8-4-2-6-5-1-3-7(5)12(16)17-10(6)9(8)11(14)15/h1-5,7,16H,(H,14,15)/t5-,7-/m1/s1. The summed E-state index contributed by atoms with van der Waals surface area (Å²) < 4.78 is 18.6. The minimum atomic E-state index is -1.40. The van der Waals surface area contributed by atoms with Crippen molar-refractivity contribution < 1.29 is 24.0 Å². The Kier molecular flexibility index (Phi) is 2.03. The molecule has 0 radical (unpaired) electrons. The Morgan fingerprint density at radius 1 is 1.41 bits per heavy atom. The number of carbonyl (C=O) groups is 1. The summed E-state index contributed by atoms with van der Waals surface area (Å²) in [4.78, 5) is 11.0. The van der Waals surface area contributed by atoms with Gasteiger partial charge in [-0.3, -0.25) is 0 Å². The minimum Gasteiger partial charge on any atom is -0.535 e. The number of benzene rings is 1. The summed E-state index contributed by atoms with van der Waals surface area (Å²) in [5.74, 6) is -2.57. The van der Waals surface area contributed by atoms with E-state index in [0.717, 1.165) is 6.07 Å². The van der Waals surface area contributed by atoms with E-state index >= 15 is 0 Å². The van der Waals surface area contributed by atoms with E-state index in [4.69, 9.17) is 9.76 Å². The molecular weight excluding hydrogens is 226 g/mol. The van der Waals surface area contributed by atoms with Crippen molar-refractivity contribution in [3.05, 3.63) is 41.2 Å². The summed E-state index contributed by atoms with van der Waals surface area (Å²) in [5, 5.41) is 18.6. The molecule has 1 aromatic rings. The Bertz CT molecular complexity index is 543. The van der Waals surface area contributed by atoms with Gasteiger partial charge in [0, 0.05) is 17.3 Å². The molecule has 1 aromatic carbocycles. The number of rotatable bonds is 1. The van der Waals surface area contributed by atoms with Crippen LogP contribution in [0.5, 0.6) is 5.75 Å². The molecule has 0 unspecified atom stereocenters. The van der Waals surface area contributed by atoms with Crippen LogP contribution in [0.4, 0.5) is 4.39 Å². The molecule has 86 valence electrons. The van der Waals surface area contributed by atoms with Gasteiger partial charge in [0.15, 0.2) is 0 Å². The van der Waals surface area contributed by atoms with E-state index in [2.05, 4.69) is 0 Å². The van der Waals surface area contributed by atoms with E-state index in [0.29, 0.717) is 5.56 Å². The van der Waals surface area contributed by atoms with Gasteiger partial charge in [0.05, 0.1) is 0 Å². The van der Waals surface area contributed by atoms with Gasteiger partial charge in [-0.15, -0.1) is 0 Å². The molecule has 2 aliphatic rings. The molecule has 0 bridgehead atoms. The Hall–Kier alpha value is -1.82. The first-order chi connectivity index (χ1) is 8.09. The Morgan fingerprint density at radius 2 is 2.18 bits per heavy atom. The van der Waals surface area contributed by atoms with E-state index in [1.165, 1.54) is 6.07 Å². The monoisotopic (exact) mass is 234 g/mol. The maximum atomic E-state index is 13.4. The third-order valence-corrected chi connectivity index (χ3v) is 3.23. The molecule has 1 heterocycles. The molecule has 0 saturated heterocycles. The normalized spacial score (nSPS) is 24.5. The topological polar surface area (TPSA) is 66.8 Å². The van der Waals surface area contributed by atoms with Gasteiger partial charge in [-0.2, -0.15) is 0 Å². The Labute approximate surface area is 96.5 Å². The number of fused-ring (bicyclic) bond motifs is 3. The highest BCUT2D eigenvalue weighted by molar-refractivity contribution is 6.48. The first-order valence-corrected chi connectivity index (χ1v) is 5.18. The van der Waals surface area contributed by atoms with Crippen molar-refractivity contribution in [3.63, 3.8) is 0 Å². The number of hydrogen-bond donors (Lipinski definition) is 2. The van der Waals surface area contributed by atoms with Crippen molar-refractivity contribution in [3.8, 4) is 5.75 Å². The fourth-order valence-corrected chi connectivity index (χ4v) is 2.30. The van der Waals surface area contributed by atoms with Gasteiger partial charge in [0.1, 0.15) is 17.1 Å². The third-order valence-electron chi connectivity index (χ3n) is 3.23. The zero-order chi connectivity index (χ0) is 12.2. The number of hydrogen-bond acceptors (Lipinski definition) is 3.